The second-order valence-electron chi connectivity index (χ2n) is 5.38. The van der Waals surface area contributed by atoms with Crippen molar-refractivity contribution in [1.29, 1.82) is 0 Å². The first-order valence-corrected chi connectivity index (χ1v) is 8.36. The Hall–Kier alpha value is -1.98. The Bertz CT molecular complexity index is 777. The SMILES string of the molecule is Cc1ccc(N2C(=O)CC(Sc3ccc(N)cc3)C2=O)cc1Cl. The zero-order valence-corrected chi connectivity index (χ0v) is 14.0. The number of nitrogens with two attached hydrogens (primary N) is 1. The highest BCUT2D eigenvalue weighted by Crippen LogP contribution is 2.35. The minimum absolute atomic E-state index is 0.180. The Morgan fingerprint density at radius 1 is 1.17 bits per heavy atom. The second-order valence-corrected chi connectivity index (χ2v) is 7.06. The van der Waals surface area contributed by atoms with Gasteiger partial charge in [-0.2, -0.15) is 0 Å². The lowest BCUT2D eigenvalue weighted by Crippen LogP contribution is -2.31. The number of carbonyl (C=O) groups is 2. The molecule has 1 unspecified atom stereocenters. The van der Waals surface area contributed by atoms with Crippen LogP contribution in [0.25, 0.3) is 0 Å². The molecule has 3 rings (SSSR count). The van der Waals surface area contributed by atoms with Crippen molar-refractivity contribution in [3.63, 3.8) is 0 Å². The lowest BCUT2D eigenvalue weighted by molar-refractivity contribution is -0.121. The summed E-state index contributed by atoms with van der Waals surface area (Å²) in [6.07, 6.45) is 0.180. The fourth-order valence-electron chi connectivity index (χ4n) is 2.40. The minimum atomic E-state index is -0.425. The third kappa shape index (κ3) is 3.21. The summed E-state index contributed by atoms with van der Waals surface area (Å²) in [5, 5.41) is 0.115. The zero-order chi connectivity index (χ0) is 16.6. The number of imide groups is 1. The van der Waals surface area contributed by atoms with Crippen LogP contribution in [-0.2, 0) is 9.59 Å². The molecule has 0 bridgehead atoms. The van der Waals surface area contributed by atoms with Crippen LogP contribution in [0.5, 0.6) is 0 Å². The van der Waals surface area contributed by atoms with Gasteiger partial charge in [0.15, 0.2) is 0 Å². The van der Waals surface area contributed by atoms with E-state index in [1.165, 1.54) is 16.7 Å². The lowest BCUT2D eigenvalue weighted by atomic mass is 10.2. The number of benzene rings is 2. The normalized spacial score (nSPS) is 17.8. The van der Waals surface area contributed by atoms with Gasteiger partial charge in [0, 0.05) is 22.0 Å². The third-order valence-electron chi connectivity index (χ3n) is 3.68. The van der Waals surface area contributed by atoms with Crippen LogP contribution in [0.15, 0.2) is 47.4 Å². The Labute approximate surface area is 143 Å². The number of nitrogen functional groups attached to an aromatic ring is 1. The summed E-state index contributed by atoms with van der Waals surface area (Å²) in [6, 6.07) is 12.5. The first kappa shape index (κ1) is 15.9. The van der Waals surface area contributed by atoms with Gasteiger partial charge in [-0.05, 0) is 48.9 Å². The number of thioether (sulfide) groups is 1. The maximum absolute atomic E-state index is 12.6. The Morgan fingerprint density at radius 3 is 2.52 bits per heavy atom. The molecule has 2 amide bonds. The highest BCUT2D eigenvalue weighted by Gasteiger charge is 2.40. The van der Waals surface area contributed by atoms with E-state index in [4.69, 9.17) is 17.3 Å². The number of anilines is 2. The number of nitrogens with zero attached hydrogens (tertiary/aromatic N) is 1. The predicted octanol–water partition coefficient (Wildman–Crippen LogP) is 3.65. The highest BCUT2D eigenvalue weighted by molar-refractivity contribution is 8.00. The van der Waals surface area contributed by atoms with E-state index in [-0.39, 0.29) is 18.2 Å². The topological polar surface area (TPSA) is 63.4 Å². The van der Waals surface area contributed by atoms with E-state index in [0.717, 1.165) is 10.5 Å². The second kappa shape index (κ2) is 6.26. The third-order valence-corrected chi connectivity index (χ3v) is 5.28. The Morgan fingerprint density at radius 2 is 1.87 bits per heavy atom. The first-order valence-electron chi connectivity index (χ1n) is 7.11. The van der Waals surface area contributed by atoms with Gasteiger partial charge < -0.3 is 5.73 Å². The fraction of sp³-hybridized carbons (Fsp3) is 0.176. The number of rotatable bonds is 3. The Kier molecular flexibility index (Phi) is 4.33. The smallest absolute Gasteiger partial charge is 0.247 e. The molecule has 1 fully saturated rings. The molecule has 0 aliphatic carbocycles. The number of hydrogen-bond acceptors (Lipinski definition) is 4. The fourth-order valence-corrected chi connectivity index (χ4v) is 3.63. The van der Waals surface area contributed by atoms with Crippen LogP contribution in [0.3, 0.4) is 0 Å². The quantitative estimate of drug-likeness (QED) is 0.680. The molecule has 1 heterocycles. The summed E-state index contributed by atoms with van der Waals surface area (Å²) in [5.74, 6) is -0.417. The molecule has 1 aliphatic rings. The van der Waals surface area contributed by atoms with Gasteiger partial charge in [-0.15, -0.1) is 11.8 Å². The van der Waals surface area contributed by atoms with Gasteiger partial charge in [-0.1, -0.05) is 17.7 Å². The van der Waals surface area contributed by atoms with E-state index in [9.17, 15) is 9.59 Å². The van der Waals surface area contributed by atoms with Crippen LogP contribution >= 0.6 is 23.4 Å². The van der Waals surface area contributed by atoms with Gasteiger partial charge >= 0.3 is 0 Å². The first-order chi connectivity index (χ1) is 11.0. The molecule has 2 N–H and O–H groups in total. The van der Waals surface area contributed by atoms with Crippen LogP contribution in [0, 0.1) is 6.92 Å². The van der Waals surface area contributed by atoms with Crippen molar-refractivity contribution in [2.45, 2.75) is 23.5 Å². The van der Waals surface area contributed by atoms with Crippen LogP contribution in [0.4, 0.5) is 11.4 Å². The summed E-state index contributed by atoms with van der Waals surface area (Å²) in [5.41, 5.74) is 7.75. The molecule has 118 valence electrons. The lowest BCUT2D eigenvalue weighted by Gasteiger charge is -2.16. The van der Waals surface area contributed by atoms with E-state index < -0.39 is 5.25 Å². The van der Waals surface area contributed by atoms with Crippen molar-refractivity contribution in [3.05, 3.63) is 53.1 Å². The maximum atomic E-state index is 12.6. The average molecular weight is 347 g/mol. The largest absolute Gasteiger partial charge is 0.399 e. The average Bonchev–Trinajstić information content (AvgIpc) is 2.79. The van der Waals surface area contributed by atoms with Gasteiger partial charge in [0.25, 0.3) is 0 Å². The van der Waals surface area contributed by atoms with Gasteiger partial charge in [-0.3, -0.25) is 9.59 Å². The number of halogens is 1. The molecular formula is C17H15ClN2O2S. The molecule has 1 aliphatic heterocycles. The maximum Gasteiger partial charge on any atom is 0.247 e. The summed E-state index contributed by atoms with van der Waals surface area (Å²) in [7, 11) is 0. The predicted molar refractivity (Wildman–Crippen MR) is 93.8 cm³/mol. The summed E-state index contributed by atoms with van der Waals surface area (Å²) in [6.45, 7) is 1.87. The molecule has 23 heavy (non-hydrogen) atoms. The molecule has 0 radical (unpaired) electrons. The van der Waals surface area contributed by atoms with Crippen molar-refractivity contribution in [2.75, 3.05) is 10.6 Å². The molecule has 0 spiro atoms. The van der Waals surface area contributed by atoms with E-state index in [1.807, 2.05) is 19.1 Å². The van der Waals surface area contributed by atoms with Gasteiger partial charge in [-0.25, -0.2) is 4.90 Å². The molecule has 1 atom stereocenters. The summed E-state index contributed by atoms with van der Waals surface area (Å²) in [4.78, 5) is 27.0. The number of amides is 2. The molecular weight excluding hydrogens is 332 g/mol. The van der Waals surface area contributed by atoms with Gasteiger partial charge in [0.05, 0.1) is 10.9 Å². The molecule has 0 aromatic heterocycles. The summed E-state index contributed by atoms with van der Waals surface area (Å²) >= 11 is 7.48. The van der Waals surface area contributed by atoms with Crippen LogP contribution < -0.4 is 10.6 Å². The number of hydrogen-bond donors (Lipinski definition) is 1. The molecule has 1 saturated heterocycles. The van der Waals surface area contributed by atoms with E-state index >= 15 is 0 Å². The van der Waals surface area contributed by atoms with E-state index in [1.54, 1.807) is 30.3 Å². The van der Waals surface area contributed by atoms with Crippen molar-refractivity contribution < 1.29 is 9.59 Å². The van der Waals surface area contributed by atoms with Crippen molar-refractivity contribution >= 4 is 46.6 Å². The summed E-state index contributed by atoms with van der Waals surface area (Å²) < 4.78 is 0. The van der Waals surface area contributed by atoms with Gasteiger partial charge in [0.1, 0.15) is 0 Å². The molecule has 2 aromatic carbocycles. The Balaban J connectivity index is 1.82. The monoisotopic (exact) mass is 346 g/mol. The van der Waals surface area contributed by atoms with Crippen molar-refractivity contribution in [3.8, 4) is 0 Å². The van der Waals surface area contributed by atoms with Crippen LogP contribution in [0.2, 0.25) is 5.02 Å². The van der Waals surface area contributed by atoms with E-state index in [0.29, 0.717) is 16.4 Å². The van der Waals surface area contributed by atoms with Crippen LogP contribution in [0.1, 0.15) is 12.0 Å². The molecule has 6 heteroatoms. The molecule has 2 aromatic rings. The zero-order valence-electron chi connectivity index (χ0n) is 12.5. The minimum Gasteiger partial charge on any atom is -0.399 e. The van der Waals surface area contributed by atoms with Crippen LogP contribution in [-0.4, -0.2) is 17.1 Å². The highest BCUT2D eigenvalue weighted by atomic mass is 35.5. The standard InChI is InChI=1S/C17H15ClN2O2S/c1-10-2-5-12(8-14(10)18)20-16(21)9-15(17(20)22)23-13-6-3-11(19)4-7-13/h2-8,15H,9,19H2,1H3. The van der Waals surface area contributed by atoms with Crippen molar-refractivity contribution in [1.82, 2.24) is 0 Å². The molecule has 0 saturated carbocycles. The number of carbonyl (C=O) groups excluding carboxylic acids is 2. The molecule has 4 nitrogen and oxygen atoms in total. The number of aryl methyl sites for hydroxylation is 1. The van der Waals surface area contributed by atoms with Gasteiger partial charge in [0.2, 0.25) is 11.8 Å². The van der Waals surface area contributed by atoms with E-state index in [2.05, 4.69) is 0 Å². The van der Waals surface area contributed by atoms with Crippen molar-refractivity contribution in [2.24, 2.45) is 0 Å².